The molecule has 246 valence electrons. The number of aromatic nitrogens is 3. The molecule has 0 bridgehead atoms. The number of rotatable bonds is 5. The van der Waals surface area contributed by atoms with Crippen molar-refractivity contribution in [1.82, 2.24) is 29.2 Å². The van der Waals surface area contributed by atoms with Crippen molar-refractivity contribution in [2.24, 2.45) is 5.92 Å². The summed E-state index contributed by atoms with van der Waals surface area (Å²) in [5.74, 6) is 0.299. The van der Waals surface area contributed by atoms with E-state index in [-0.39, 0.29) is 11.9 Å². The Hall–Kier alpha value is -2.95. The van der Waals surface area contributed by atoms with Gasteiger partial charge in [0, 0.05) is 61.2 Å². The normalized spacial score (nSPS) is 22.2. The van der Waals surface area contributed by atoms with Crippen LogP contribution in [0, 0.1) is 5.92 Å². The number of hydrogen-bond donors (Lipinski definition) is 0. The van der Waals surface area contributed by atoms with E-state index in [2.05, 4.69) is 61.7 Å². The molecule has 2 fully saturated rings. The van der Waals surface area contributed by atoms with Crippen LogP contribution < -0.4 is 0 Å². The van der Waals surface area contributed by atoms with Gasteiger partial charge in [-0.2, -0.15) is 0 Å². The molecule has 2 saturated heterocycles. The number of pyridine rings is 1. The number of piperazine rings is 1. The fourth-order valence-corrected chi connectivity index (χ4v) is 7.76. The minimum atomic E-state index is -0.680. The molecule has 3 atom stereocenters. The van der Waals surface area contributed by atoms with Gasteiger partial charge in [0.25, 0.3) is 0 Å². The van der Waals surface area contributed by atoms with Crippen molar-refractivity contribution in [1.29, 1.82) is 0 Å². The number of halogens is 2. The molecule has 0 saturated carbocycles. The summed E-state index contributed by atoms with van der Waals surface area (Å²) in [4.78, 5) is 43.6. The molecule has 11 heteroatoms. The summed E-state index contributed by atoms with van der Waals surface area (Å²) in [5.41, 5.74) is 4.91. The smallest absolute Gasteiger partial charge is 0.411 e. The summed E-state index contributed by atoms with van der Waals surface area (Å²) in [6.45, 7) is 11.2. The summed E-state index contributed by atoms with van der Waals surface area (Å²) in [6, 6.07) is 7.40. The lowest BCUT2D eigenvalue weighted by Crippen LogP contribution is -2.63. The lowest BCUT2D eigenvalue weighted by Gasteiger charge is -2.46. The minimum absolute atomic E-state index is 0.0194. The number of aryl methyl sites for hydroxylation is 3. The lowest BCUT2D eigenvalue weighted by atomic mass is 9.94. The summed E-state index contributed by atoms with van der Waals surface area (Å²) in [6.07, 6.45) is 9.98. The molecule has 1 aliphatic carbocycles. The molecule has 1 aromatic carbocycles. The third kappa shape index (κ3) is 7.29. The van der Waals surface area contributed by atoms with Crippen LogP contribution in [0.3, 0.4) is 0 Å². The summed E-state index contributed by atoms with van der Waals surface area (Å²) in [7, 11) is 0. The average molecular weight is 712 g/mol. The van der Waals surface area contributed by atoms with E-state index in [0.717, 1.165) is 60.1 Å². The van der Waals surface area contributed by atoms with Gasteiger partial charge in [0.2, 0.25) is 5.91 Å². The summed E-state index contributed by atoms with van der Waals surface area (Å²) < 4.78 is 8.94. The zero-order valence-corrected chi connectivity index (χ0v) is 29.6. The van der Waals surface area contributed by atoms with E-state index in [9.17, 15) is 9.59 Å². The zero-order valence-electron chi connectivity index (χ0n) is 27.2. The first-order valence-electron chi connectivity index (χ1n) is 16.4. The molecular formula is C35H44BrClN6O3. The van der Waals surface area contributed by atoms with Crippen LogP contribution in [0.25, 0.3) is 0 Å². The third-order valence-corrected chi connectivity index (χ3v) is 10.00. The van der Waals surface area contributed by atoms with E-state index >= 15 is 0 Å². The molecule has 4 heterocycles. The Balaban J connectivity index is 1.30. The number of ether oxygens (including phenoxy) is 1. The standard InChI is InChI=1S/C35H44BrClN6O3/c1-5-28-20-40(22-39-28)18-23-7-6-12-42(19-23)33(44)30-21-41(13-14-43(30)34(45)46-35(2,3)4)32-29-11-10-27(37)16-24(29)8-9-25-15-26(36)17-38-31(25)32/h10-11,15-17,20,22-23,30,32H,5-9,12-14,18-19,21H2,1-4H3/t23-,30-,32+/m1/s1. The maximum atomic E-state index is 14.6. The second-order valence-corrected chi connectivity index (χ2v) is 15.2. The van der Waals surface area contributed by atoms with Crippen molar-refractivity contribution in [3.8, 4) is 0 Å². The number of imidazole rings is 1. The second kappa shape index (κ2) is 13.6. The largest absolute Gasteiger partial charge is 0.444 e. The molecule has 0 N–H and O–H groups in total. The van der Waals surface area contributed by atoms with E-state index in [1.54, 1.807) is 4.90 Å². The second-order valence-electron chi connectivity index (χ2n) is 13.8. The zero-order chi connectivity index (χ0) is 32.6. The van der Waals surface area contributed by atoms with Crippen LogP contribution in [0.4, 0.5) is 4.79 Å². The van der Waals surface area contributed by atoms with Gasteiger partial charge >= 0.3 is 6.09 Å². The van der Waals surface area contributed by atoms with Crippen LogP contribution in [0.5, 0.6) is 0 Å². The third-order valence-electron chi connectivity index (χ3n) is 9.33. The van der Waals surface area contributed by atoms with Gasteiger partial charge in [0.1, 0.15) is 11.6 Å². The van der Waals surface area contributed by atoms with Crippen molar-refractivity contribution in [2.75, 3.05) is 32.7 Å². The van der Waals surface area contributed by atoms with Gasteiger partial charge < -0.3 is 14.2 Å². The molecule has 0 unspecified atom stereocenters. The van der Waals surface area contributed by atoms with Gasteiger partial charge in [0.05, 0.1) is 23.8 Å². The number of benzene rings is 1. The summed E-state index contributed by atoms with van der Waals surface area (Å²) in [5, 5.41) is 0.710. The van der Waals surface area contributed by atoms with Crippen LogP contribution in [0.1, 0.15) is 74.7 Å². The maximum Gasteiger partial charge on any atom is 0.411 e. The van der Waals surface area contributed by atoms with Crippen LogP contribution in [-0.4, -0.2) is 85.6 Å². The molecule has 0 radical (unpaired) electrons. The molecule has 3 aromatic rings. The Bertz CT molecular complexity index is 1530. The van der Waals surface area contributed by atoms with E-state index in [4.69, 9.17) is 21.3 Å². The SMILES string of the molecule is CCc1cn(C[C@H]2CCCN(C(=O)[C@H]3CN([C@H]4c5ccc(Cl)cc5CCc5cc(Br)cnc54)CCN3C(=O)OC(C)(C)C)C2)cn1. The van der Waals surface area contributed by atoms with E-state index in [1.807, 2.05) is 44.3 Å². The first kappa shape index (κ1) is 33.0. The fourth-order valence-electron chi connectivity index (χ4n) is 7.18. The molecule has 2 amide bonds. The quantitative estimate of drug-likeness (QED) is 0.309. The predicted molar refractivity (Wildman–Crippen MR) is 182 cm³/mol. The van der Waals surface area contributed by atoms with Crippen molar-refractivity contribution in [2.45, 2.75) is 84.0 Å². The number of carbonyl (C=O) groups is 2. The highest BCUT2D eigenvalue weighted by Crippen LogP contribution is 2.39. The highest BCUT2D eigenvalue weighted by molar-refractivity contribution is 9.10. The number of fused-ring (bicyclic) bond motifs is 2. The average Bonchev–Trinajstić information content (AvgIpc) is 3.41. The Labute approximate surface area is 285 Å². The van der Waals surface area contributed by atoms with Crippen LogP contribution in [-0.2, 0) is 35.3 Å². The number of hydrogen-bond acceptors (Lipinski definition) is 6. The van der Waals surface area contributed by atoms with Crippen molar-refractivity contribution in [3.63, 3.8) is 0 Å². The topological polar surface area (TPSA) is 83.8 Å². The van der Waals surface area contributed by atoms with Crippen molar-refractivity contribution < 1.29 is 14.3 Å². The molecular weight excluding hydrogens is 668 g/mol. The van der Waals surface area contributed by atoms with E-state index in [1.165, 1.54) is 11.1 Å². The van der Waals surface area contributed by atoms with Gasteiger partial charge in [0.15, 0.2) is 0 Å². The van der Waals surface area contributed by atoms with Crippen molar-refractivity contribution in [3.05, 3.63) is 80.6 Å². The summed E-state index contributed by atoms with van der Waals surface area (Å²) >= 11 is 10.1. The predicted octanol–water partition coefficient (Wildman–Crippen LogP) is 6.30. The number of likely N-dealkylation sites (tertiary alicyclic amines) is 1. The Morgan fingerprint density at radius 2 is 1.87 bits per heavy atom. The molecule has 2 aromatic heterocycles. The first-order valence-corrected chi connectivity index (χ1v) is 17.6. The van der Waals surface area contributed by atoms with Gasteiger partial charge in [-0.1, -0.05) is 24.6 Å². The van der Waals surface area contributed by atoms with Gasteiger partial charge in [-0.3, -0.25) is 19.6 Å². The highest BCUT2D eigenvalue weighted by atomic mass is 79.9. The van der Waals surface area contributed by atoms with Crippen molar-refractivity contribution >= 4 is 39.5 Å². The number of nitrogens with zero attached hydrogens (tertiary/aromatic N) is 6. The monoisotopic (exact) mass is 710 g/mol. The van der Waals surface area contributed by atoms with Crippen LogP contribution >= 0.6 is 27.5 Å². The molecule has 0 spiro atoms. The Kier molecular flexibility index (Phi) is 9.78. The Morgan fingerprint density at radius 1 is 1.07 bits per heavy atom. The lowest BCUT2D eigenvalue weighted by molar-refractivity contribution is -0.141. The van der Waals surface area contributed by atoms with Crippen LogP contribution in [0.15, 0.2) is 47.5 Å². The van der Waals surface area contributed by atoms with E-state index in [0.29, 0.717) is 43.7 Å². The fraction of sp³-hybridized carbons (Fsp3) is 0.543. The molecule has 2 aliphatic heterocycles. The molecule has 6 rings (SSSR count). The molecule has 9 nitrogen and oxygen atoms in total. The van der Waals surface area contributed by atoms with Gasteiger partial charge in [-0.25, -0.2) is 9.78 Å². The number of amides is 2. The highest BCUT2D eigenvalue weighted by Gasteiger charge is 2.43. The first-order chi connectivity index (χ1) is 22.0. The molecule has 3 aliphatic rings. The van der Waals surface area contributed by atoms with Gasteiger partial charge in [-0.15, -0.1) is 0 Å². The van der Waals surface area contributed by atoms with E-state index < -0.39 is 17.7 Å². The van der Waals surface area contributed by atoms with Gasteiger partial charge in [-0.05, 0) is 110 Å². The van der Waals surface area contributed by atoms with Crippen LogP contribution in [0.2, 0.25) is 5.02 Å². The molecule has 46 heavy (non-hydrogen) atoms. The maximum absolute atomic E-state index is 14.6. The number of piperidine rings is 1. The number of carbonyl (C=O) groups excluding carboxylic acids is 2. The Morgan fingerprint density at radius 3 is 2.63 bits per heavy atom. The minimum Gasteiger partial charge on any atom is -0.444 e.